The van der Waals surface area contributed by atoms with Crippen LogP contribution >= 0.6 is 0 Å². The maximum Gasteiger partial charge on any atom is 0.407 e. The standard InChI is InChI=1S/C22H45NO2/c1-6-8-9-10-11-12-13-14-15-16-17-18-19-20(7-2)23-21(24)25-22(3,4)5/h20H,6-19H2,1-5H3,(H,23,24). The highest BCUT2D eigenvalue weighted by Crippen LogP contribution is 2.14. The van der Waals surface area contributed by atoms with Crippen LogP contribution in [0.25, 0.3) is 0 Å². The van der Waals surface area contributed by atoms with Gasteiger partial charge >= 0.3 is 6.09 Å². The Hall–Kier alpha value is -0.730. The van der Waals surface area contributed by atoms with Gasteiger partial charge < -0.3 is 10.1 Å². The molecule has 0 aromatic heterocycles. The summed E-state index contributed by atoms with van der Waals surface area (Å²) in [5.41, 5.74) is -0.418. The van der Waals surface area contributed by atoms with E-state index in [1.807, 2.05) is 20.8 Å². The van der Waals surface area contributed by atoms with Gasteiger partial charge in [-0.2, -0.15) is 0 Å². The Kier molecular flexibility index (Phi) is 15.1. The van der Waals surface area contributed by atoms with Crippen LogP contribution in [-0.4, -0.2) is 17.7 Å². The Labute approximate surface area is 157 Å². The lowest BCUT2D eigenvalue weighted by atomic mass is 10.0. The quantitative estimate of drug-likeness (QED) is 0.311. The van der Waals surface area contributed by atoms with E-state index in [-0.39, 0.29) is 12.1 Å². The fourth-order valence-electron chi connectivity index (χ4n) is 3.08. The summed E-state index contributed by atoms with van der Waals surface area (Å²) in [4.78, 5) is 11.8. The van der Waals surface area contributed by atoms with Crippen LogP contribution in [0.1, 0.15) is 125 Å². The monoisotopic (exact) mass is 355 g/mol. The van der Waals surface area contributed by atoms with Gasteiger partial charge in [0.15, 0.2) is 0 Å². The second-order valence-electron chi connectivity index (χ2n) is 8.43. The van der Waals surface area contributed by atoms with E-state index in [1.54, 1.807) is 0 Å². The predicted octanol–water partition coefficient (Wildman–Crippen LogP) is 7.38. The number of carbonyl (C=O) groups is 1. The van der Waals surface area contributed by atoms with E-state index < -0.39 is 5.60 Å². The molecule has 150 valence electrons. The van der Waals surface area contributed by atoms with E-state index in [2.05, 4.69) is 19.2 Å². The maximum atomic E-state index is 11.8. The van der Waals surface area contributed by atoms with Crippen molar-refractivity contribution in [3.05, 3.63) is 0 Å². The molecule has 1 amide bonds. The van der Waals surface area contributed by atoms with Crippen LogP contribution in [-0.2, 0) is 4.74 Å². The largest absolute Gasteiger partial charge is 0.444 e. The molecule has 0 bridgehead atoms. The highest BCUT2D eigenvalue weighted by molar-refractivity contribution is 5.68. The van der Waals surface area contributed by atoms with Crippen molar-refractivity contribution in [1.82, 2.24) is 5.32 Å². The van der Waals surface area contributed by atoms with Gasteiger partial charge in [0.1, 0.15) is 5.60 Å². The van der Waals surface area contributed by atoms with Crippen LogP contribution in [0.4, 0.5) is 4.79 Å². The first kappa shape index (κ1) is 24.3. The van der Waals surface area contributed by atoms with E-state index in [9.17, 15) is 4.79 Å². The van der Waals surface area contributed by atoms with E-state index in [4.69, 9.17) is 4.74 Å². The molecule has 1 N–H and O–H groups in total. The Balaban J connectivity index is 3.48. The summed E-state index contributed by atoms with van der Waals surface area (Å²) >= 11 is 0. The number of amides is 1. The summed E-state index contributed by atoms with van der Waals surface area (Å²) in [6.45, 7) is 10.1. The third kappa shape index (κ3) is 17.9. The molecule has 0 saturated carbocycles. The second-order valence-corrected chi connectivity index (χ2v) is 8.43. The molecule has 0 spiro atoms. The van der Waals surface area contributed by atoms with Gasteiger partial charge in [0.2, 0.25) is 0 Å². The number of ether oxygens (including phenoxy) is 1. The Morgan fingerprint density at radius 3 is 1.64 bits per heavy atom. The lowest BCUT2D eigenvalue weighted by Crippen LogP contribution is -2.38. The van der Waals surface area contributed by atoms with Crippen molar-refractivity contribution in [2.75, 3.05) is 0 Å². The lowest BCUT2D eigenvalue weighted by Gasteiger charge is -2.23. The number of hydrogen-bond donors (Lipinski definition) is 1. The number of hydrogen-bond acceptors (Lipinski definition) is 2. The van der Waals surface area contributed by atoms with Gasteiger partial charge in [-0.05, 0) is 33.6 Å². The summed E-state index contributed by atoms with van der Waals surface area (Å²) in [6.07, 6.45) is 18.2. The molecule has 0 aliphatic carbocycles. The normalized spacial score (nSPS) is 12.8. The fraction of sp³-hybridized carbons (Fsp3) is 0.955. The molecule has 3 nitrogen and oxygen atoms in total. The maximum absolute atomic E-state index is 11.8. The van der Waals surface area contributed by atoms with Crippen LogP contribution < -0.4 is 5.32 Å². The fourth-order valence-corrected chi connectivity index (χ4v) is 3.08. The summed E-state index contributed by atoms with van der Waals surface area (Å²) in [7, 11) is 0. The number of carbonyl (C=O) groups excluding carboxylic acids is 1. The first-order valence-corrected chi connectivity index (χ1v) is 10.9. The summed E-state index contributed by atoms with van der Waals surface area (Å²) in [6, 6.07) is 0.248. The smallest absolute Gasteiger partial charge is 0.407 e. The summed E-state index contributed by atoms with van der Waals surface area (Å²) < 4.78 is 5.33. The molecule has 0 radical (unpaired) electrons. The predicted molar refractivity (Wildman–Crippen MR) is 109 cm³/mol. The van der Waals surface area contributed by atoms with Crippen LogP contribution in [0.5, 0.6) is 0 Å². The van der Waals surface area contributed by atoms with Gasteiger partial charge in [-0.3, -0.25) is 0 Å². The molecule has 0 aromatic rings. The van der Waals surface area contributed by atoms with Crippen molar-refractivity contribution in [2.24, 2.45) is 0 Å². The molecule has 0 aromatic carbocycles. The molecular weight excluding hydrogens is 310 g/mol. The molecule has 0 heterocycles. The van der Waals surface area contributed by atoms with Crippen molar-refractivity contribution in [1.29, 1.82) is 0 Å². The van der Waals surface area contributed by atoms with Gasteiger partial charge in [0.25, 0.3) is 0 Å². The SMILES string of the molecule is CCCCCCCCCCCCCCC(CC)NC(=O)OC(C)(C)C. The minimum absolute atomic E-state index is 0.248. The minimum atomic E-state index is -0.418. The van der Waals surface area contributed by atoms with Crippen LogP contribution in [0.2, 0.25) is 0 Å². The molecule has 0 saturated heterocycles. The Morgan fingerprint density at radius 1 is 0.800 bits per heavy atom. The molecule has 3 heteroatoms. The Bertz CT molecular complexity index is 310. The molecule has 0 fully saturated rings. The van der Waals surface area contributed by atoms with Gasteiger partial charge in [-0.1, -0.05) is 90.9 Å². The highest BCUT2D eigenvalue weighted by Gasteiger charge is 2.18. The zero-order chi connectivity index (χ0) is 19.0. The summed E-state index contributed by atoms with van der Waals surface area (Å²) in [5.74, 6) is 0. The zero-order valence-corrected chi connectivity index (χ0v) is 17.8. The lowest BCUT2D eigenvalue weighted by molar-refractivity contribution is 0.0499. The van der Waals surface area contributed by atoms with Gasteiger partial charge in [-0.15, -0.1) is 0 Å². The molecular formula is C22H45NO2. The average Bonchev–Trinajstić information content (AvgIpc) is 2.53. The van der Waals surface area contributed by atoms with Crippen molar-refractivity contribution < 1.29 is 9.53 Å². The van der Waals surface area contributed by atoms with Gasteiger partial charge in [0, 0.05) is 6.04 Å². The first-order valence-electron chi connectivity index (χ1n) is 10.9. The Morgan fingerprint density at radius 2 is 1.24 bits per heavy atom. The van der Waals surface area contributed by atoms with E-state index in [0.29, 0.717) is 0 Å². The molecule has 0 rings (SSSR count). The molecule has 1 unspecified atom stereocenters. The number of alkyl carbamates (subject to hydrolysis) is 1. The van der Waals surface area contributed by atoms with Crippen molar-refractivity contribution in [3.8, 4) is 0 Å². The van der Waals surface area contributed by atoms with Crippen molar-refractivity contribution >= 4 is 6.09 Å². The minimum Gasteiger partial charge on any atom is -0.444 e. The highest BCUT2D eigenvalue weighted by atomic mass is 16.6. The number of unbranched alkanes of at least 4 members (excludes halogenated alkanes) is 11. The average molecular weight is 356 g/mol. The first-order chi connectivity index (χ1) is 11.9. The topological polar surface area (TPSA) is 38.3 Å². The summed E-state index contributed by atoms with van der Waals surface area (Å²) in [5, 5.41) is 3.00. The zero-order valence-electron chi connectivity index (χ0n) is 17.8. The van der Waals surface area contributed by atoms with Crippen molar-refractivity contribution in [3.63, 3.8) is 0 Å². The molecule has 25 heavy (non-hydrogen) atoms. The third-order valence-corrected chi connectivity index (χ3v) is 4.62. The van der Waals surface area contributed by atoms with Crippen LogP contribution in [0.15, 0.2) is 0 Å². The van der Waals surface area contributed by atoms with Crippen LogP contribution in [0.3, 0.4) is 0 Å². The van der Waals surface area contributed by atoms with Crippen molar-refractivity contribution in [2.45, 2.75) is 136 Å². The van der Waals surface area contributed by atoms with Crippen LogP contribution in [0, 0.1) is 0 Å². The molecule has 0 aliphatic heterocycles. The van der Waals surface area contributed by atoms with E-state index in [1.165, 1.54) is 77.0 Å². The molecule has 0 aliphatic rings. The molecule has 1 atom stereocenters. The number of rotatable bonds is 15. The van der Waals surface area contributed by atoms with Gasteiger partial charge in [0.05, 0.1) is 0 Å². The third-order valence-electron chi connectivity index (χ3n) is 4.62. The van der Waals surface area contributed by atoms with Gasteiger partial charge in [-0.25, -0.2) is 4.79 Å². The van der Waals surface area contributed by atoms with E-state index in [0.717, 1.165) is 12.8 Å². The number of nitrogens with one attached hydrogen (secondary N) is 1. The van der Waals surface area contributed by atoms with E-state index >= 15 is 0 Å². The second kappa shape index (κ2) is 15.5.